The first-order valence-electron chi connectivity index (χ1n) is 10.7. The first-order valence-corrected chi connectivity index (χ1v) is 10.7. The minimum Gasteiger partial charge on any atom is -0.488 e. The van der Waals surface area contributed by atoms with E-state index in [9.17, 15) is 4.39 Å². The maximum Gasteiger partial charge on any atom is 0.132 e. The molecular formula is C27H25FN2O. The SMILES string of the molecule is CCn1cc(CCn2cc3ccccc3c2)c2c(OCc3ccccc3)cc(F)cc21. The first-order chi connectivity index (χ1) is 15.2. The van der Waals surface area contributed by atoms with Gasteiger partial charge >= 0.3 is 0 Å². The molecular weight excluding hydrogens is 387 g/mol. The van der Waals surface area contributed by atoms with E-state index in [4.69, 9.17) is 4.74 Å². The normalized spacial score (nSPS) is 11.4. The first kappa shape index (κ1) is 19.4. The largest absolute Gasteiger partial charge is 0.488 e. The van der Waals surface area contributed by atoms with Crippen LogP contribution in [-0.2, 0) is 26.1 Å². The molecule has 0 spiro atoms. The van der Waals surface area contributed by atoms with E-state index in [0.717, 1.165) is 36.0 Å². The Morgan fingerprint density at radius 1 is 0.871 bits per heavy atom. The van der Waals surface area contributed by atoms with Crippen LogP contribution in [0.2, 0.25) is 0 Å². The van der Waals surface area contributed by atoms with Crippen molar-refractivity contribution in [3.8, 4) is 5.75 Å². The fraction of sp³-hybridized carbons (Fsp3) is 0.185. The van der Waals surface area contributed by atoms with Crippen LogP contribution in [0.5, 0.6) is 5.75 Å². The Kier molecular flexibility index (Phi) is 5.21. The number of hydrogen-bond donors (Lipinski definition) is 0. The monoisotopic (exact) mass is 412 g/mol. The van der Waals surface area contributed by atoms with E-state index >= 15 is 0 Å². The average molecular weight is 413 g/mol. The fourth-order valence-electron chi connectivity index (χ4n) is 4.26. The molecule has 0 bridgehead atoms. The number of nitrogens with zero attached hydrogens (tertiary/aromatic N) is 2. The van der Waals surface area contributed by atoms with E-state index in [1.165, 1.54) is 22.4 Å². The third-order valence-corrected chi connectivity index (χ3v) is 5.81. The highest BCUT2D eigenvalue weighted by Crippen LogP contribution is 2.33. The second kappa shape index (κ2) is 8.31. The topological polar surface area (TPSA) is 19.1 Å². The van der Waals surface area contributed by atoms with E-state index in [0.29, 0.717) is 12.4 Å². The molecule has 0 saturated carbocycles. The summed E-state index contributed by atoms with van der Waals surface area (Å²) in [5, 5.41) is 3.50. The molecule has 2 aromatic heterocycles. The summed E-state index contributed by atoms with van der Waals surface area (Å²) >= 11 is 0. The lowest BCUT2D eigenvalue weighted by Crippen LogP contribution is -2.00. The number of hydrogen-bond acceptors (Lipinski definition) is 1. The minimum atomic E-state index is -0.272. The molecule has 2 heterocycles. The van der Waals surface area contributed by atoms with Gasteiger partial charge in [-0.15, -0.1) is 0 Å². The zero-order valence-electron chi connectivity index (χ0n) is 17.6. The number of benzene rings is 3. The van der Waals surface area contributed by atoms with Crippen LogP contribution in [0.3, 0.4) is 0 Å². The van der Waals surface area contributed by atoms with E-state index in [1.807, 2.05) is 30.3 Å². The number of ether oxygens (including phenoxy) is 1. The minimum absolute atomic E-state index is 0.272. The summed E-state index contributed by atoms with van der Waals surface area (Å²) < 4.78 is 24.9. The quantitative estimate of drug-likeness (QED) is 0.296. The van der Waals surface area contributed by atoms with Gasteiger partial charge < -0.3 is 13.9 Å². The number of aromatic nitrogens is 2. The predicted molar refractivity (Wildman–Crippen MR) is 124 cm³/mol. The molecule has 5 aromatic rings. The van der Waals surface area contributed by atoms with Gasteiger partial charge in [0.15, 0.2) is 0 Å². The van der Waals surface area contributed by atoms with Gasteiger partial charge in [0.25, 0.3) is 0 Å². The van der Waals surface area contributed by atoms with Gasteiger partial charge in [0.1, 0.15) is 18.2 Å². The molecule has 0 aliphatic rings. The van der Waals surface area contributed by atoms with Gasteiger partial charge in [-0.05, 0) is 41.3 Å². The molecule has 4 heteroatoms. The van der Waals surface area contributed by atoms with Gasteiger partial charge in [-0.2, -0.15) is 0 Å². The van der Waals surface area contributed by atoms with Gasteiger partial charge in [-0.3, -0.25) is 0 Å². The summed E-state index contributed by atoms with van der Waals surface area (Å²) in [7, 11) is 0. The number of aryl methyl sites for hydroxylation is 3. The maximum absolute atomic E-state index is 14.4. The summed E-state index contributed by atoms with van der Waals surface area (Å²) in [4.78, 5) is 0. The lowest BCUT2D eigenvalue weighted by Gasteiger charge is -2.11. The van der Waals surface area contributed by atoms with Crippen LogP contribution in [-0.4, -0.2) is 9.13 Å². The van der Waals surface area contributed by atoms with Crippen LogP contribution in [0, 0.1) is 5.82 Å². The van der Waals surface area contributed by atoms with Gasteiger partial charge in [-0.25, -0.2) is 4.39 Å². The second-order valence-corrected chi connectivity index (χ2v) is 7.89. The molecule has 0 aliphatic heterocycles. The lowest BCUT2D eigenvalue weighted by molar-refractivity contribution is 0.308. The number of rotatable bonds is 7. The van der Waals surface area contributed by atoms with Crippen molar-refractivity contribution < 1.29 is 9.13 Å². The van der Waals surface area contributed by atoms with Crippen molar-refractivity contribution in [2.75, 3.05) is 0 Å². The Hall–Kier alpha value is -3.53. The smallest absolute Gasteiger partial charge is 0.132 e. The van der Waals surface area contributed by atoms with Crippen LogP contribution < -0.4 is 4.74 Å². The Bertz CT molecular complexity index is 1300. The number of fused-ring (bicyclic) bond motifs is 2. The average Bonchev–Trinajstić information content (AvgIpc) is 3.37. The number of halogens is 1. The van der Waals surface area contributed by atoms with Crippen LogP contribution in [0.25, 0.3) is 21.7 Å². The highest BCUT2D eigenvalue weighted by Gasteiger charge is 2.15. The fourth-order valence-corrected chi connectivity index (χ4v) is 4.26. The van der Waals surface area contributed by atoms with Crippen LogP contribution in [0.1, 0.15) is 18.1 Å². The Labute approximate surface area is 181 Å². The summed E-state index contributed by atoms with van der Waals surface area (Å²) in [5.74, 6) is 0.338. The van der Waals surface area contributed by atoms with Gasteiger partial charge in [0, 0.05) is 43.1 Å². The van der Waals surface area contributed by atoms with Crippen molar-refractivity contribution in [3.63, 3.8) is 0 Å². The van der Waals surface area contributed by atoms with Crippen LogP contribution in [0.15, 0.2) is 85.3 Å². The lowest BCUT2D eigenvalue weighted by atomic mass is 10.1. The van der Waals surface area contributed by atoms with Crippen molar-refractivity contribution in [2.24, 2.45) is 0 Å². The Balaban J connectivity index is 1.47. The predicted octanol–water partition coefficient (Wildman–Crippen LogP) is 6.58. The molecule has 31 heavy (non-hydrogen) atoms. The van der Waals surface area contributed by atoms with E-state index in [2.05, 4.69) is 58.9 Å². The molecule has 0 saturated heterocycles. The van der Waals surface area contributed by atoms with E-state index in [1.54, 1.807) is 6.07 Å². The molecule has 0 radical (unpaired) electrons. The Morgan fingerprint density at radius 2 is 1.58 bits per heavy atom. The molecule has 0 unspecified atom stereocenters. The van der Waals surface area contributed by atoms with Crippen molar-refractivity contribution in [1.82, 2.24) is 9.13 Å². The standard InChI is InChI=1S/C27H25FN2O/c1-2-30-18-23(12-13-29-16-21-10-6-7-11-22(21)17-29)27-25(30)14-24(28)15-26(27)31-19-20-8-4-3-5-9-20/h3-11,14-18H,2,12-13,19H2,1H3. The molecule has 5 rings (SSSR count). The van der Waals surface area contributed by atoms with Crippen LogP contribution in [0.4, 0.5) is 4.39 Å². The highest BCUT2D eigenvalue weighted by molar-refractivity contribution is 5.90. The highest BCUT2D eigenvalue weighted by atomic mass is 19.1. The molecule has 3 nitrogen and oxygen atoms in total. The molecule has 0 amide bonds. The summed E-state index contributed by atoms with van der Waals surface area (Å²) in [5.41, 5.74) is 3.13. The molecule has 0 aliphatic carbocycles. The second-order valence-electron chi connectivity index (χ2n) is 7.89. The third-order valence-electron chi connectivity index (χ3n) is 5.81. The van der Waals surface area contributed by atoms with Crippen molar-refractivity contribution in [3.05, 3.63) is 102 Å². The summed E-state index contributed by atoms with van der Waals surface area (Å²) in [6, 6.07) is 21.5. The maximum atomic E-state index is 14.4. The van der Waals surface area contributed by atoms with Gasteiger partial charge in [0.05, 0.1) is 5.52 Å². The molecule has 0 atom stereocenters. The molecule has 0 N–H and O–H groups in total. The zero-order chi connectivity index (χ0) is 21.2. The third kappa shape index (κ3) is 3.93. The molecule has 3 aromatic carbocycles. The van der Waals surface area contributed by atoms with Crippen molar-refractivity contribution >= 4 is 21.7 Å². The van der Waals surface area contributed by atoms with E-state index < -0.39 is 0 Å². The summed E-state index contributed by atoms with van der Waals surface area (Å²) in [6.45, 7) is 4.13. The molecule has 156 valence electrons. The van der Waals surface area contributed by atoms with Crippen molar-refractivity contribution in [2.45, 2.75) is 33.0 Å². The van der Waals surface area contributed by atoms with E-state index in [-0.39, 0.29) is 5.82 Å². The zero-order valence-corrected chi connectivity index (χ0v) is 17.6. The van der Waals surface area contributed by atoms with Gasteiger partial charge in [-0.1, -0.05) is 54.6 Å². The van der Waals surface area contributed by atoms with Crippen LogP contribution >= 0.6 is 0 Å². The van der Waals surface area contributed by atoms with Crippen molar-refractivity contribution in [1.29, 1.82) is 0 Å². The van der Waals surface area contributed by atoms with Gasteiger partial charge in [0.2, 0.25) is 0 Å². The molecule has 0 fully saturated rings. The Morgan fingerprint density at radius 3 is 2.29 bits per heavy atom. The summed E-state index contributed by atoms with van der Waals surface area (Å²) in [6.07, 6.45) is 7.35.